The number of carbonyl (C=O) groups is 1. The summed E-state index contributed by atoms with van der Waals surface area (Å²) in [5.41, 5.74) is 7.59. The fourth-order valence-corrected chi connectivity index (χ4v) is 3.75. The minimum absolute atomic E-state index is 0.203. The lowest BCUT2D eigenvalue weighted by Gasteiger charge is -2.22. The topological polar surface area (TPSA) is 72.2 Å². The van der Waals surface area contributed by atoms with E-state index in [-0.39, 0.29) is 5.91 Å². The van der Waals surface area contributed by atoms with Crippen molar-refractivity contribution in [2.45, 2.75) is 37.6 Å². The lowest BCUT2D eigenvalue weighted by Crippen LogP contribution is -2.23. The summed E-state index contributed by atoms with van der Waals surface area (Å²) in [6, 6.07) is 7.55. The number of hydrazone groups is 1. The largest absolute Gasteiger partial charge is 0.312 e. The Labute approximate surface area is 169 Å². The van der Waals surface area contributed by atoms with Crippen LogP contribution in [0.2, 0.25) is 0 Å². The van der Waals surface area contributed by atoms with Gasteiger partial charge in [0.05, 0.1) is 5.71 Å². The molecular weight excluding hydrogens is 370 g/mol. The van der Waals surface area contributed by atoms with Crippen molar-refractivity contribution in [3.8, 4) is 0 Å². The van der Waals surface area contributed by atoms with E-state index in [9.17, 15) is 4.79 Å². The molecule has 0 saturated heterocycles. The van der Waals surface area contributed by atoms with E-state index < -0.39 is 0 Å². The molecule has 1 amide bonds. The van der Waals surface area contributed by atoms with E-state index in [1.165, 1.54) is 0 Å². The van der Waals surface area contributed by atoms with Crippen LogP contribution in [0.15, 0.2) is 64.7 Å². The standard InChI is InChI=1S/C21H25N5OS/c1-14(2)18-8-5-15(3)19(11-18)23-24-20(27)17-9-6-16(7-10-17)12-28-21-25-22-13-26(21)4/h5-7,9-10,13,18H,1,8,11-12H2,2-4H3,(H,24,27)/b23-19-/t18-/m0/s1. The lowest BCUT2D eigenvalue weighted by molar-refractivity contribution is 0.0954. The molecule has 0 spiro atoms. The van der Waals surface area contributed by atoms with Crippen LogP contribution in [-0.4, -0.2) is 26.4 Å². The van der Waals surface area contributed by atoms with Gasteiger partial charge < -0.3 is 4.57 Å². The van der Waals surface area contributed by atoms with Gasteiger partial charge in [-0.05, 0) is 55.9 Å². The first-order valence-electron chi connectivity index (χ1n) is 9.19. The highest BCUT2D eigenvalue weighted by Gasteiger charge is 2.19. The molecule has 1 aliphatic rings. The van der Waals surface area contributed by atoms with E-state index in [1.54, 1.807) is 18.1 Å². The molecule has 3 rings (SSSR count). The Morgan fingerprint density at radius 3 is 2.79 bits per heavy atom. The predicted molar refractivity (Wildman–Crippen MR) is 113 cm³/mol. The Bertz CT molecular complexity index is 927. The Morgan fingerprint density at radius 1 is 1.39 bits per heavy atom. The summed E-state index contributed by atoms with van der Waals surface area (Å²) in [7, 11) is 1.92. The second kappa shape index (κ2) is 9.01. The number of carbonyl (C=O) groups excluding carboxylic acids is 1. The smallest absolute Gasteiger partial charge is 0.271 e. The molecule has 0 fully saturated rings. The van der Waals surface area contributed by atoms with Crippen molar-refractivity contribution < 1.29 is 4.79 Å². The number of nitrogens with one attached hydrogen (secondary N) is 1. The zero-order valence-corrected chi connectivity index (χ0v) is 17.3. The maximum atomic E-state index is 12.4. The quantitative estimate of drug-likeness (QED) is 0.454. The van der Waals surface area contributed by atoms with Gasteiger partial charge in [-0.2, -0.15) is 5.10 Å². The van der Waals surface area contributed by atoms with Gasteiger partial charge >= 0.3 is 0 Å². The number of allylic oxidation sites excluding steroid dienone is 3. The Hall–Kier alpha value is -2.67. The molecule has 1 atom stereocenters. The molecule has 0 saturated carbocycles. The summed E-state index contributed by atoms with van der Waals surface area (Å²) in [4.78, 5) is 12.4. The summed E-state index contributed by atoms with van der Waals surface area (Å²) < 4.78 is 1.88. The van der Waals surface area contributed by atoms with E-state index >= 15 is 0 Å². The van der Waals surface area contributed by atoms with Crippen molar-refractivity contribution >= 4 is 23.4 Å². The molecule has 0 unspecified atom stereocenters. The number of amides is 1. The number of nitrogens with zero attached hydrogens (tertiary/aromatic N) is 4. The van der Waals surface area contributed by atoms with Crippen LogP contribution < -0.4 is 5.43 Å². The summed E-state index contributed by atoms with van der Waals surface area (Å²) in [6.45, 7) is 8.12. The number of aromatic nitrogens is 3. The van der Waals surface area contributed by atoms with Crippen LogP contribution >= 0.6 is 11.8 Å². The van der Waals surface area contributed by atoms with Gasteiger partial charge in [-0.1, -0.05) is 42.1 Å². The number of aryl methyl sites for hydroxylation is 1. The van der Waals surface area contributed by atoms with Crippen LogP contribution in [0.1, 0.15) is 42.6 Å². The number of hydrogen-bond donors (Lipinski definition) is 1. The highest BCUT2D eigenvalue weighted by Crippen LogP contribution is 2.26. The van der Waals surface area contributed by atoms with Gasteiger partial charge in [0.15, 0.2) is 5.16 Å². The molecule has 146 valence electrons. The zero-order valence-electron chi connectivity index (χ0n) is 16.5. The van der Waals surface area contributed by atoms with Gasteiger partial charge in [0, 0.05) is 18.4 Å². The van der Waals surface area contributed by atoms with Crippen molar-refractivity contribution in [2.24, 2.45) is 18.1 Å². The molecule has 28 heavy (non-hydrogen) atoms. The molecule has 1 aromatic carbocycles. The highest BCUT2D eigenvalue weighted by molar-refractivity contribution is 7.98. The van der Waals surface area contributed by atoms with Crippen LogP contribution in [0.5, 0.6) is 0 Å². The highest BCUT2D eigenvalue weighted by atomic mass is 32.2. The fraction of sp³-hybridized carbons (Fsp3) is 0.333. The molecule has 7 heteroatoms. The molecule has 1 aliphatic carbocycles. The molecule has 1 aromatic heterocycles. The summed E-state index contributed by atoms with van der Waals surface area (Å²) in [6.07, 6.45) is 5.65. The normalized spacial score (nSPS) is 18.0. The van der Waals surface area contributed by atoms with E-state index in [4.69, 9.17) is 0 Å². The molecular formula is C21H25N5OS. The van der Waals surface area contributed by atoms with Crippen molar-refractivity contribution in [3.63, 3.8) is 0 Å². The van der Waals surface area contributed by atoms with Crippen molar-refractivity contribution in [3.05, 3.63) is 65.5 Å². The average Bonchev–Trinajstić information content (AvgIpc) is 3.10. The van der Waals surface area contributed by atoms with Crippen LogP contribution in [-0.2, 0) is 12.8 Å². The van der Waals surface area contributed by atoms with E-state index in [0.29, 0.717) is 11.5 Å². The van der Waals surface area contributed by atoms with Gasteiger partial charge in [0.25, 0.3) is 5.91 Å². The van der Waals surface area contributed by atoms with Gasteiger partial charge in [-0.3, -0.25) is 4.79 Å². The van der Waals surface area contributed by atoms with Crippen molar-refractivity contribution in [1.82, 2.24) is 20.2 Å². The predicted octanol–water partition coefficient (Wildman–Crippen LogP) is 4.13. The Balaban J connectivity index is 1.58. The van der Waals surface area contributed by atoms with E-state index in [2.05, 4.69) is 33.4 Å². The van der Waals surface area contributed by atoms with Gasteiger partial charge in [-0.25, -0.2) is 5.43 Å². The minimum Gasteiger partial charge on any atom is -0.312 e. The zero-order chi connectivity index (χ0) is 20.1. The third-order valence-corrected chi connectivity index (χ3v) is 5.95. The van der Waals surface area contributed by atoms with Crippen LogP contribution in [0.3, 0.4) is 0 Å². The van der Waals surface area contributed by atoms with Crippen LogP contribution in [0.4, 0.5) is 0 Å². The van der Waals surface area contributed by atoms with Gasteiger partial charge in [0.1, 0.15) is 6.33 Å². The third kappa shape index (κ3) is 4.98. The summed E-state index contributed by atoms with van der Waals surface area (Å²) >= 11 is 1.61. The molecule has 0 radical (unpaired) electrons. The first-order chi connectivity index (χ1) is 13.4. The monoisotopic (exact) mass is 395 g/mol. The molecule has 2 aromatic rings. The summed E-state index contributed by atoms with van der Waals surface area (Å²) in [5.74, 6) is 0.957. The van der Waals surface area contributed by atoms with Crippen LogP contribution in [0, 0.1) is 5.92 Å². The van der Waals surface area contributed by atoms with Gasteiger partial charge in [-0.15, -0.1) is 10.2 Å². The van der Waals surface area contributed by atoms with Crippen molar-refractivity contribution in [1.29, 1.82) is 0 Å². The van der Waals surface area contributed by atoms with Crippen LogP contribution in [0.25, 0.3) is 0 Å². The Kier molecular flexibility index (Phi) is 6.46. The number of rotatable bonds is 6. The van der Waals surface area contributed by atoms with E-state index in [1.807, 2.05) is 49.7 Å². The SMILES string of the molecule is C=C(C)[C@H]1CC=C(C)/C(=N\NC(=O)c2ccc(CSc3nncn3C)cc2)C1. The summed E-state index contributed by atoms with van der Waals surface area (Å²) in [5, 5.41) is 13.1. The number of thioether (sulfide) groups is 1. The minimum atomic E-state index is -0.203. The van der Waals surface area contributed by atoms with Crippen molar-refractivity contribution in [2.75, 3.05) is 0 Å². The molecule has 0 bridgehead atoms. The Morgan fingerprint density at radius 2 is 2.14 bits per heavy atom. The number of benzene rings is 1. The first kappa shape index (κ1) is 20.1. The average molecular weight is 396 g/mol. The molecule has 6 nitrogen and oxygen atoms in total. The maximum Gasteiger partial charge on any atom is 0.271 e. The maximum absolute atomic E-state index is 12.4. The fourth-order valence-electron chi connectivity index (χ4n) is 2.91. The lowest BCUT2D eigenvalue weighted by atomic mass is 9.85. The number of hydrogen-bond acceptors (Lipinski definition) is 5. The third-order valence-electron chi connectivity index (χ3n) is 4.85. The second-order valence-electron chi connectivity index (χ2n) is 7.08. The van der Waals surface area contributed by atoms with E-state index in [0.717, 1.165) is 46.2 Å². The molecule has 0 aliphatic heterocycles. The molecule has 1 N–H and O–H groups in total. The molecule has 1 heterocycles. The van der Waals surface area contributed by atoms with Gasteiger partial charge in [0.2, 0.25) is 0 Å². The first-order valence-corrected chi connectivity index (χ1v) is 10.2. The second-order valence-corrected chi connectivity index (χ2v) is 8.02.